The molecule has 34 heavy (non-hydrogen) atoms. The van der Waals surface area contributed by atoms with Gasteiger partial charge in [-0.25, -0.2) is 0 Å². The predicted octanol–water partition coefficient (Wildman–Crippen LogP) is 3.29. The molecular weight excluding hydrogens is 434 g/mol. The minimum absolute atomic E-state index is 0.0812. The first-order chi connectivity index (χ1) is 16.3. The van der Waals surface area contributed by atoms with E-state index in [2.05, 4.69) is 0 Å². The molecule has 0 aliphatic carbocycles. The highest BCUT2D eigenvalue weighted by Gasteiger charge is 2.30. The van der Waals surface area contributed by atoms with Crippen molar-refractivity contribution in [3.8, 4) is 5.75 Å². The molecule has 0 saturated carbocycles. The summed E-state index contributed by atoms with van der Waals surface area (Å²) < 4.78 is 12.5. The monoisotopic (exact) mass is 463 g/mol. The maximum Gasteiger partial charge on any atom is 0.259 e. The number of benzene rings is 1. The second kappa shape index (κ2) is 9.59. The van der Waals surface area contributed by atoms with E-state index in [0.29, 0.717) is 48.6 Å². The van der Waals surface area contributed by atoms with Gasteiger partial charge in [-0.15, -0.1) is 0 Å². The summed E-state index contributed by atoms with van der Waals surface area (Å²) in [7, 11) is 3.14. The van der Waals surface area contributed by atoms with Gasteiger partial charge >= 0.3 is 0 Å². The maximum atomic E-state index is 13.6. The summed E-state index contributed by atoms with van der Waals surface area (Å²) in [5.41, 5.74) is 2.20. The molecule has 2 amide bonds. The summed E-state index contributed by atoms with van der Waals surface area (Å²) in [6, 6.07) is 12.1. The van der Waals surface area contributed by atoms with Crippen LogP contribution in [0.25, 0.3) is 0 Å². The van der Waals surface area contributed by atoms with E-state index in [1.165, 1.54) is 13.2 Å². The quantitative estimate of drug-likeness (QED) is 0.580. The summed E-state index contributed by atoms with van der Waals surface area (Å²) in [5, 5.41) is 0. The van der Waals surface area contributed by atoms with Crippen LogP contribution in [0.1, 0.15) is 50.7 Å². The molecule has 178 valence electrons. The van der Waals surface area contributed by atoms with Gasteiger partial charge in [0.15, 0.2) is 0 Å². The molecule has 2 aromatic heterocycles. The van der Waals surface area contributed by atoms with Crippen LogP contribution in [0.5, 0.6) is 5.75 Å². The molecule has 8 nitrogen and oxygen atoms in total. The topological polar surface area (TPSA) is 85.0 Å². The number of hydrogen-bond acceptors (Lipinski definition) is 5. The van der Waals surface area contributed by atoms with Crippen LogP contribution >= 0.6 is 0 Å². The number of methoxy groups -OCH3 is 1. The predicted molar refractivity (Wildman–Crippen MR) is 127 cm³/mol. The smallest absolute Gasteiger partial charge is 0.259 e. The molecule has 1 aliphatic heterocycles. The second-order valence-corrected chi connectivity index (χ2v) is 8.49. The van der Waals surface area contributed by atoms with Gasteiger partial charge in [0.2, 0.25) is 0 Å². The van der Waals surface area contributed by atoms with Crippen molar-refractivity contribution >= 4 is 11.8 Å². The fourth-order valence-corrected chi connectivity index (χ4v) is 4.40. The third kappa shape index (κ3) is 4.23. The number of amides is 2. The molecule has 0 bridgehead atoms. The number of hydrogen-bond donors (Lipinski definition) is 0. The molecule has 0 unspecified atom stereocenters. The Labute approximate surface area is 198 Å². The van der Waals surface area contributed by atoms with Gasteiger partial charge in [0.05, 0.1) is 19.4 Å². The molecule has 3 aromatic rings. The van der Waals surface area contributed by atoms with Crippen molar-refractivity contribution < 1.29 is 18.7 Å². The Kier molecular flexibility index (Phi) is 6.58. The van der Waals surface area contributed by atoms with Crippen molar-refractivity contribution in [3.63, 3.8) is 0 Å². The summed E-state index contributed by atoms with van der Waals surface area (Å²) in [4.78, 5) is 43.1. The number of furan rings is 1. The molecular formula is C26H29N3O5. The van der Waals surface area contributed by atoms with Crippen molar-refractivity contribution in [2.45, 2.75) is 32.9 Å². The lowest BCUT2D eigenvalue weighted by molar-refractivity contribution is 0.0720. The van der Waals surface area contributed by atoms with Gasteiger partial charge in [-0.3, -0.25) is 14.4 Å². The number of ether oxygens (including phenoxy) is 1. The van der Waals surface area contributed by atoms with Crippen molar-refractivity contribution in [3.05, 3.63) is 87.2 Å². The number of aromatic nitrogens is 1. The van der Waals surface area contributed by atoms with E-state index in [4.69, 9.17) is 9.15 Å². The Bertz CT molecular complexity index is 1260. The zero-order valence-corrected chi connectivity index (χ0v) is 19.9. The van der Waals surface area contributed by atoms with Gasteiger partial charge in [0.25, 0.3) is 17.4 Å². The van der Waals surface area contributed by atoms with Gasteiger partial charge in [0, 0.05) is 50.4 Å². The lowest BCUT2D eigenvalue weighted by Gasteiger charge is -2.26. The molecule has 0 spiro atoms. The molecule has 4 rings (SSSR count). The minimum atomic E-state index is -0.315. The van der Waals surface area contributed by atoms with Crippen LogP contribution in [0.2, 0.25) is 0 Å². The van der Waals surface area contributed by atoms with E-state index in [0.717, 1.165) is 5.56 Å². The highest BCUT2D eigenvalue weighted by atomic mass is 16.5. The fraction of sp³-hybridized carbons (Fsp3) is 0.346. The summed E-state index contributed by atoms with van der Waals surface area (Å²) >= 11 is 0. The minimum Gasteiger partial charge on any atom is -0.496 e. The molecule has 0 N–H and O–H groups in total. The Balaban J connectivity index is 1.68. The van der Waals surface area contributed by atoms with E-state index >= 15 is 0 Å². The first-order valence-corrected chi connectivity index (χ1v) is 11.3. The van der Waals surface area contributed by atoms with Crippen LogP contribution in [-0.2, 0) is 13.0 Å². The van der Waals surface area contributed by atoms with Crippen molar-refractivity contribution in [1.82, 2.24) is 14.4 Å². The zero-order chi connectivity index (χ0) is 24.4. The first kappa shape index (κ1) is 23.4. The number of carbonyl (C=O) groups is 2. The Morgan fingerprint density at radius 2 is 1.88 bits per heavy atom. The number of pyridine rings is 1. The number of fused-ring (bicyclic) bond motifs is 1. The Hall–Kier alpha value is -3.81. The van der Waals surface area contributed by atoms with E-state index in [9.17, 15) is 14.4 Å². The highest BCUT2D eigenvalue weighted by Crippen LogP contribution is 2.28. The Morgan fingerprint density at radius 3 is 2.56 bits per heavy atom. The maximum absolute atomic E-state index is 13.6. The normalized spacial score (nSPS) is 14.2. The lowest BCUT2D eigenvalue weighted by Crippen LogP contribution is -2.34. The Morgan fingerprint density at radius 1 is 1.12 bits per heavy atom. The molecule has 0 radical (unpaired) electrons. The van der Waals surface area contributed by atoms with E-state index < -0.39 is 0 Å². The third-order valence-electron chi connectivity index (χ3n) is 6.55. The van der Waals surface area contributed by atoms with Crippen LogP contribution in [0.4, 0.5) is 0 Å². The first-order valence-electron chi connectivity index (χ1n) is 11.3. The average molecular weight is 464 g/mol. The van der Waals surface area contributed by atoms with Crippen LogP contribution < -0.4 is 10.3 Å². The van der Waals surface area contributed by atoms with E-state index in [1.807, 2.05) is 44.2 Å². The molecule has 3 heterocycles. The zero-order valence-electron chi connectivity index (χ0n) is 19.9. The molecule has 1 atom stereocenters. The van der Waals surface area contributed by atoms with E-state index in [-0.39, 0.29) is 29.2 Å². The summed E-state index contributed by atoms with van der Waals surface area (Å²) in [6.07, 6.45) is 1.92. The largest absolute Gasteiger partial charge is 0.496 e. The van der Waals surface area contributed by atoms with Crippen LogP contribution in [-0.4, -0.2) is 53.4 Å². The molecule has 0 fully saturated rings. The highest BCUT2D eigenvalue weighted by molar-refractivity contribution is 5.98. The van der Waals surface area contributed by atoms with Crippen molar-refractivity contribution in [2.24, 2.45) is 0 Å². The number of nitrogens with zero attached hydrogens (tertiary/aromatic N) is 3. The van der Waals surface area contributed by atoms with Gasteiger partial charge < -0.3 is 23.5 Å². The number of aryl methyl sites for hydroxylation is 1. The molecule has 1 aliphatic rings. The number of carbonyl (C=O) groups excluding carboxylic acids is 2. The van der Waals surface area contributed by atoms with Crippen molar-refractivity contribution in [1.29, 1.82) is 0 Å². The van der Waals surface area contributed by atoms with Gasteiger partial charge in [0.1, 0.15) is 17.1 Å². The van der Waals surface area contributed by atoms with Gasteiger partial charge in [-0.05, 0) is 37.6 Å². The van der Waals surface area contributed by atoms with E-state index in [1.54, 1.807) is 33.7 Å². The number of rotatable bonds is 5. The van der Waals surface area contributed by atoms with Crippen LogP contribution in [0.15, 0.2) is 57.9 Å². The summed E-state index contributed by atoms with van der Waals surface area (Å²) in [5.74, 6) is 0.535. The third-order valence-corrected chi connectivity index (χ3v) is 6.55. The lowest BCUT2D eigenvalue weighted by atomic mass is 10.1. The standard InChI is InChI=1S/C26H29N3O5/c1-17-8-5-6-9-19(17)25(31)28-12-11-20-24(22(33-4)16-23(30)29(20)14-13-28)26(32)27(3)18(2)21-10-7-15-34-21/h5-10,15-16,18H,11-14H2,1-4H3/t18-/m1/s1. The van der Waals surface area contributed by atoms with Gasteiger partial charge in [-0.1, -0.05) is 18.2 Å². The molecule has 8 heteroatoms. The fourth-order valence-electron chi connectivity index (χ4n) is 4.40. The summed E-state index contributed by atoms with van der Waals surface area (Å²) in [6.45, 7) is 4.84. The molecule has 0 saturated heterocycles. The SMILES string of the molecule is COc1cc(=O)n2c(c1C(=O)N(C)[C@H](C)c1ccco1)CCN(C(=O)c1ccccc1C)CC2. The average Bonchev–Trinajstić information content (AvgIpc) is 3.29. The van der Waals surface area contributed by atoms with Gasteiger partial charge in [-0.2, -0.15) is 0 Å². The van der Waals surface area contributed by atoms with Crippen molar-refractivity contribution in [2.75, 3.05) is 27.2 Å². The molecule has 1 aromatic carbocycles. The van der Waals surface area contributed by atoms with Crippen LogP contribution in [0.3, 0.4) is 0 Å². The van der Waals surface area contributed by atoms with Crippen LogP contribution in [0, 0.1) is 6.92 Å². The second-order valence-electron chi connectivity index (χ2n) is 8.49.